The van der Waals surface area contributed by atoms with E-state index in [9.17, 15) is 9.59 Å². The number of hydrogen-bond acceptors (Lipinski definition) is 3. The van der Waals surface area contributed by atoms with E-state index in [1.807, 2.05) is 18.2 Å². The number of amides is 1. The van der Waals surface area contributed by atoms with Gasteiger partial charge >= 0.3 is 0 Å². The van der Waals surface area contributed by atoms with Gasteiger partial charge < -0.3 is 10.6 Å². The molecule has 0 spiro atoms. The minimum Gasteiger partial charge on any atom is -0.324 e. The molecular weight excluding hydrogens is 384 g/mol. The highest BCUT2D eigenvalue weighted by Crippen LogP contribution is 2.49. The second kappa shape index (κ2) is 8.68. The van der Waals surface area contributed by atoms with Gasteiger partial charge in [-0.3, -0.25) is 9.59 Å². The van der Waals surface area contributed by atoms with Crippen LogP contribution in [0, 0.1) is 17.8 Å². The first kappa shape index (κ1) is 20.1. The number of hydrogen-bond donors (Lipinski definition) is 2. The van der Waals surface area contributed by atoms with Crippen molar-refractivity contribution < 1.29 is 9.59 Å². The zero-order valence-electron chi connectivity index (χ0n) is 16.7. The lowest BCUT2D eigenvalue weighted by Gasteiger charge is -2.28. The molecule has 2 saturated carbocycles. The number of benzene rings is 2. The second-order valence-corrected chi connectivity index (χ2v) is 8.88. The zero-order chi connectivity index (χ0) is 20.4. The Morgan fingerprint density at radius 2 is 1.90 bits per heavy atom. The van der Waals surface area contributed by atoms with Crippen molar-refractivity contribution >= 4 is 29.0 Å². The molecule has 2 aromatic rings. The molecule has 2 aliphatic carbocycles. The number of carbonyl (C=O) groups excluding carboxylic acids is 2. The van der Waals surface area contributed by atoms with Gasteiger partial charge in [-0.1, -0.05) is 48.4 Å². The second-order valence-electron chi connectivity index (χ2n) is 8.44. The third-order valence-electron chi connectivity index (χ3n) is 6.56. The van der Waals surface area contributed by atoms with Crippen LogP contribution in [0.1, 0.15) is 48.5 Å². The fraction of sp³-hybridized carbons (Fsp3) is 0.417. The largest absolute Gasteiger partial charge is 0.324 e. The van der Waals surface area contributed by atoms with Crippen molar-refractivity contribution in [3.8, 4) is 0 Å². The summed E-state index contributed by atoms with van der Waals surface area (Å²) in [5.74, 6) is 2.07. The lowest BCUT2D eigenvalue weighted by atomic mass is 9.84. The highest BCUT2D eigenvalue weighted by Gasteiger charge is 2.41. The molecule has 4 nitrogen and oxygen atoms in total. The monoisotopic (exact) mass is 410 g/mol. The molecule has 152 valence electrons. The molecule has 0 radical (unpaired) electrons. The molecule has 2 fully saturated rings. The number of carbonyl (C=O) groups is 2. The molecule has 2 aliphatic rings. The minimum atomic E-state index is -0.160. The van der Waals surface area contributed by atoms with Gasteiger partial charge in [0.15, 0.2) is 5.78 Å². The lowest BCUT2D eigenvalue weighted by Crippen LogP contribution is -2.40. The summed E-state index contributed by atoms with van der Waals surface area (Å²) < 4.78 is 0. The zero-order valence-corrected chi connectivity index (χ0v) is 17.4. The highest BCUT2D eigenvalue weighted by atomic mass is 35.5. The van der Waals surface area contributed by atoms with Crippen molar-refractivity contribution in [3.05, 3.63) is 64.7 Å². The summed E-state index contributed by atoms with van der Waals surface area (Å²) in [6.07, 6.45) is 5.36. The first-order chi connectivity index (χ1) is 14.0. The molecule has 4 atom stereocenters. The van der Waals surface area contributed by atoms with E-state index in [0.29, 0.717) is 33.8 Å². The van der Waals surface area contributed by atoms with Gasteiger partial charge in [0.2, 0.25) is 5.91 Å². The van der Waals surface area contributed by atoms with Crippen LogP contribution in [0.2, 0.25) is 5.02 Å². The number of nitrogens with one attached hydrogen (secondary N) is 2. The summed E-state index contributed by atoms with van der Waals surface area (Å²) in [5, 5.41) is 6.75. The molecule has 0 saturated heterocycles. The first-order valence-corrected chi connectivity index (χ1v) is 10.8. The van der Waals surface area contributed by atoms with E-state index >= 15 is 0 Å². The molecule has 29 heavy (non-hydrogen) atoms. The van der Waals surface area contributed by atoms with Gasteiger partial charge in [-0.2, -0.15) is 0 Å². The minimum absolute atomic E-state index is 0.149. The highest BCUT2D eigenvalue weighted by molar-refractivity contribution is 6.31. The maximum Gasteiger partial charge on any atom is 0.238 e. The van der Waals surface area contributed by atoms with E-state index < -0.39 is 0 Å². The summed E-state index contributed by atoms with van der Waals surface area (Å²) in [5.41, 5.74) is 1.45. The van der Waals surface area contributed by atoms with Crippen molar-refractivity contribution in [2.45, 2.75) is 38.6 Å². The average Bonchev–Trinajstić information content (AvgIpc) is 3.37. The predicted molar refractivity (Wildman–Crippen MR) is 116 cm³/mol. The maximum absolute atomic E-state index is 12.9. The van der Waals surface area contributed by atoms with Crippen molar-refractivity contribution in [1.29, 1.82) is 0 Å². The Hall–Kier alpha value is -2.17. The molecule has 2 bridgehead atoms. The summed E-state index contributed by atoms with van der Waals surface area (Å²) in [6.45, 7) is 2.42. The lowest BCUT2D eigenvalue weighted by molar-refractivity contribution is -0.115. The molecule has 4 rings (SSSR count). The van der Waals surface area contributed by atoms with Gasteiger partial charge in [-0.05, 0) is 62.1 Å². The maximum atomic E-state index is 12.9. The smallest absolute Gasteiger partial charge is 0.238 e. The molecule has 2 N–H and O–H groups in total. The van der Waals surface area contributed by atoms with Crippen molar-refractivity contribution in [2.24, 2.45) is 17.8 Å². The summed E-state index contributed by atoms with van der Waals surface area (Å²) >= 11 is 6.11. The Kier molecular flexibility index (Phi) is 6.02. The molecule has 2 aromatic carbocycles. The van der Waals surface area contributed by atoms with Gasteiger partial charge in [0, 0.05) is 22.2 Å². The van der Waals surface area contributed by atoms with E-state index in [-0.39, 0.29) is 18.2 Å². The standard InChI is InChI=1S/C24H27ClN2O2/c1-15(20-12-16-7-8-18(20)11-16)26-14-23(28)27-22-10-9-19(25)13-21(22)24(29)17-5-3-2-4-6-17/h2-6,9-10,13,15-16,18,20,26H,7-8,11-12,14H2,1H3,(H,27,28). The van der Waals surface area contributed by atoms with Crippen molar-refractivity contribution in [2.75, 3.05) is 11.9 Å². The number of ketones is 1. The van der Waals surface area contributed by atoms with Gasteiger partial charge in [-0.25, -0.2) is 0 Å². The Bertz CT molecular complexity index is 899. The van der Waals surface area contributed by atoms with Crippen LogP contribution >= 0.6 is 11.6 Å². The third kappa shape index (κ3) is 4.54. The predicted octanol–water partition coefficient (Wildman–Crippen LogP) is 4.92. The number of fused-ring (bicyclic) bond motifs is 2. The Balaban J connectivity index is 1.40. The van der Waals surface area contributed by atoms with Crippen LogP contribution in [-0.4, -0.2) is 24.3 Å². The number of halogens is 1. The molecule has 0 heterocycles. The first-order valence-electron chi connectivity index (χ1n) is 10.4. The van der Waals surface area contributed by atoms with E-state index in [1.165, 1.54) is 25.7 Å². The topological polar surface area (TPSA) is 58.2 Å². The third-order valence-corrected chi connectivity index (χ3v) is 6.79. The Morgan fingerprint density at radius 3 is 2.59 bits per heavy atom. The number of rotatable bonds is 7. The van der Waals surface area contributed by atoms with Crippen LogP contribution < -0.4 is 10.6 Å². The summed E-state index contributed by atoms with van der Waals surface area (Å²) in [7, 11) is 0. The van der Waals surface area contributed by atoms with Crippen LogP contribution in [-0.2, 0) is 4.79 Å². The molecule has 0 aliphatic heterocycles. The van der Waals surface area contributed by atoms with Gasteiger partial charge in [0.25, 0.3) is 0 Å². The quantitative estimate of drug-likeness (QED) is 0.636. The van der Waals surface area contributed by atoms with Gasteiger partial charge in [0.05, 0.1) is 12.2 Å². The SMILES string of the molecule is CC(NCC(=O)Nc1ccc(Cl)cc1C(=O)c1ccccc1)C1CC2CCC1C2. The van der Waals surface area contributed by atoms with Crippen LogP contribution in [0.5, 0.6) is 0 Å². The van der Waals surface area contributed by atoms with Gasteiger partial charge in [0.1, 0.15) is 0 Å². The van der Waals surface area contributed by atoms with Crippen molar-refractivity contribution in [3.63, 3.8) is 0 Å². The van der Waals surface area contributed by atoms with Gasteiger partial charge in [-0.15, -0.1) is 0 Å². The van der Waals surface area contributed by atoms with E-state index in [2.05, 4.69) is 17.6 Å². The van der Waals surface area contributed by atoms with E-state index in [0.717, 1.165) is 11.8 Å². The van der Waals surface area contributed by atoms with Crippen LogP contribution in [0.25, 0.3) is 0 Å². The normalized spacial score (nSPS) is 23.7. The molecular formula is C24H27ClN2O2. The number of anilines is 1. The summed E-state index contributed by atoms with van der Waals surface area (Å²) in [4.78, 5) is 25.5. The Morgan fingerprint density at radius 1 is 1.10 bits per heavy atom. The summed E-state index contributed by atoms with van der Waals surface area (Å²) in [6, 6.07) is 14.3. The average molecular weight is 411 g/mol. The Labute approximate surface area is 177 Å². The molecule has 5 heteroatoms. The fourth-order valence-corrected chi connectivity index (χ4v) is 5.24. The molecule has 1 amide bonds. The van der Waals surface area contributed by atoms with E-state index in [4.69, 9.17) is 11.6 Å². The fourth-order valence-electron chi connectivity index (χ4n) is 5.06. The molecule has 0 aromatic heterocycles. The van der Waals surface area contributed by atoms with E-state index in [1.54, 1.807) is 30.3 Å². The van der Waals surface area contributed by atoms with Crippen LogP contribution in [0.15, 0.2) is 48.5 Å². The van der Waals surface area contributed by atoms with Crippen molar-refractivity contribution in [1.82, 2.24) is 5.32 Å². The van der Waals surface area contributed by atoms with Crippen LogP contribution in [0.3, 0.4) is 0 Å². The molecule has 4 unspecified atom stereocenters. The van der Waals surface area contributed by atoms with Crippen LogP contribution in [0.4, 0.5) is 5.69 Å².